The monoisotopic (exact) mass is 773 g/mol. The van der Waals surface area contributed by atoms with E-state index in [1.165, 1.54) is 4.90 Å². The number of pyridine rings is 1. The summed E-state index contributed by atoms with van der Waals surface area (Å²) in [6, 6.07) is 1.36. The second-order valence-electron chi connectivity index (χ2n) is 13.4. The van der Waals surface area contributed by atoms with E-state index in [-0.39, 0.29) is 76.9 Å². The molecule has 2 fully saturated rings. The molecule has 5 rings (SSSR count). The number of carboxylic acid groups (broad SMARTS) is 1. The van der Waals surface area contributed by atoms with Crippen molar-refractivity contribution in [2.45, 2.75) is 101 Å². The lowest BCUT2D eigenvalue weighted by Gasteiger charge is -2.51. The third kappa shape index (κ3) is 8.82. The summed E-state index contributed by atoms with van der Waals surface area (Å²) in [5, 5.41) is 21.9. The SMILES string of the molecule is CCC[C@H]1N(C(=O)c2ncccc2C(F)(F)F)CCC[C@@]1(Oc1csc(C(F)(F)F)c1)C(=O)N1CCC(O)(C2=C(OCCCC(=O)O)CCC=C2)CC1. The number of alkyl halides is 6. The third-order valence-corrected chi connectivity index (χ3v) is 10.8. The number of hydrogen-bond donors (Lipinski definition) is 2. The average Bonchev–Trinajstić information content (AvgIpc) is 3.60. The fourth-order valence-electron chi connectivity index (χ4n) is 7.32. The van der Waals surface area contributed by atoms with Gasteiger partial charge in [0.2, 0.25) is 5.60 Å². The summed E-state index contributed by atoms with van der Waals surface area (Å²) in [5.74, 6) is -2.45. The summed E-state index contributed by atoms with van der Waals surface area (Å²) in [4.78, 5) is 45.1. The first kappa shape index (κ1) is 40.1. The first-order chi connectivity index (χ1) is 25.0. The number of carboxylic acids is 1. The van der Waals surface area contributed by atoms with Crippen LogP contribution in [0.1, 0.15) is 92.1 Å². The second-order valence-corrected chi connectivity index (χ2v) is 14.3. The quantitative estimate of drug-likeness (QED) is 0.171. The molecule has 1 aliphatic carbocycles. The number of aliphatic carboxylic acids is 1. The minimum absolute atomic E-state index is 0.0211. The molecule has 2 aromatic heterocycles. The molecule has 2 aliphatic heterocycles. The first-order valence-electron chi connectivity index (χ1n) is 17.4. The summed E-state index contributed by atoms with van der Waals surface area (Å²) in [6.07, 6.45) is -3.10. The zero-order chi connectivity index (χ0) is 38.6. The molecule has 3 aliphatic rings. The van der Waals surface area contributed by atoms with Gasteiger partial charge in [0.1, 0.15) is 22.1 Å². The van der Waals surface area contributed by atoms with Gasteiger partial charge in [0, 0.05) is 62.1 Å². The number of carbonyl (C=O) groups excluding carboxylic acids is 2. The van der Waals surface area contributed by atoms with Gasteiger partial charge in [0.25, 0.3) is 11.8 Å². The highest BCUT2D eigenvalue weighted by Gasteiger charge is 2.57. The van der Waals surface area contributed by atoms with Gasteiger partial charge < -0.3 is 29.5 Å². The highest BCUT2D eigenvalue weighted by molar-refractivity contribution is 7.10. The van der Waals surface area contributed by atoms with Crippen LogP contribution < -0.4 is 4.74 Å². The van der Waals surface area contributed by atoms with Crippen molar-refractivity contribution >= 4 is 29.1 Å². The highest BCUT2D eigenvalue weighted by Crippen LogP contribution is 2.44. The van der Waals surface area contributed by atoms with Crippen LogP contribution in [-0.4, -0.2) is 86.3 Å². The molecule has 2 amide bonds. The summed E-state index contributed by atoms with van der Waals surface area (Å²) < 4.78 is 95.2. The molecule has 0 aromatic carbocycles. The predicted molar refractivity (Wildman–Crippen MR) is 180 cm³/mol. The van der Waals surface area contributed by atoms with Crippen molar-refractivity contribution in [2.75, 3.05) is 26.2 Å². The van der Waals surface area contributed by atoms with Gasteiger partial charge in [-0.25, -0.2) is 0 Å². The van der Waals surface area contributed by atoms with Crippen LogP contribution in [0.15, 0.2) is 53.3 Å². The van der Waals surface area contributed by atoms with E-state index >= 15 is 0 Å². The number of allylic oxidation sites excluding steroid dienone is 2. The van der Waals surface area contributed by atoms with E-state index in [0.29, 0.717) is 41.9 Å². The average molecular weight is 774 g/mol. The maximum absolute atomic E-state index is 14.8. The summed E-state index contributed by atoms with van der Waals surface area (Å²) in [7, 11) is 0. The van der Waals surface area contributed by atoms with Crippen LogP contribution in [-0.2, 0) is 26.7 Å². The zero-order valence-electron chi connectivity index (χ0n) is 29.0. The Morgan fingerprint density at radius 3 is 2.45 bits per heavy atom. The van der Waals surface area contributed by atoms with Gasteiger partial charge in [-0.3, -0.25) is 19.4 Å². The van der Waals surface area contributed by atoms with Crippen LogP contribution in [0.4, 0.5) is 26.3 Å². The summed E-state index contributed by atoms with van der Waals surface area (Å²) in [6.45, 7) is 1.78. The second kappa shape index (κ2) is 16.1. The number of hydrogen-bond acceptors (Lipinski definition) is 8. The molecule has 0 spiro atoms. The van der Waals surface area contributed by atoms with Crippen LogP contribution >= 0.6 is 11.3 Å². The Labute approximate surface area is 306 Å². The number of rotatable bonds is 12. The fourth-order valence-corrected chi connectivity index (χ4v) is 8.00. The summed E-state index contributed by atoms with van der Waals surface area (Å²) >= 11 is 0.362. The molecule has 0 radical (unpaired) electrons. The number of thiophene rings is 1. The molecule has 4 heterocycles. The highest BCUT2D eigenvalue weighted by atomic mass is 32.1. The van der Waals surface area contributed by atoms with Crippen LogP contribution in [0.5, 0.6) is 5.75 Å². The smallest absolute Gasteiger partial charge is 0.425 e. The Morgan fingerprint density at radius 2 is 1.81 bits per heavy atom. The number of aromatic nitrogens is 1. The van der Waals surface area contributed by atoms with Gasteiger partial charge in [-0.05, 0) is 50.7 Å². The van der Waals surface area contributed by atoms with Crippen molar-refractivity contribution in [1.29, 1.82) is 0 Å². The van der Waals surface area contributed by atoms with E-state index in [1.807, 2.05) is 6.08 Å². The lowest BCUT2D eigenvalue weighted by Crippen LogP contribution is -2.69. The molecule has 0 saturated carbocycles. The predicted octanol–water partition coefficient (Wildman–Crippen LogP) is 7.24. The van der Waals surface area contributed by atoms with Gasteiger partial charge >= 0.3 is 18.3 Å². The maximum Gasteiger partial charge on any atom is 0.425 e. The number of carbonyl (C=O) groups is 3. The normalized spacial score (nSPS) is 22.2. The molecule has 2 atom stereocenters. The lowest BCUT2D eigenvalue weighted by atomic mass is 9.77. The number of aliphatic hydroxyl groups is 1. The number of amides is 2. The van der Waals surface area contributed by atoms with E-state index in [1.54, 1.807) is 13.0 Å². The summed E-state index contributed by atoms with van der Waals surface area (Å²) in [5.41, 5.74) is -5.02. The van der Waals surface area contributed by atoms with Gasteiger partial charge in [0.05, 0.1) is 23.8 Å². The molecular formula is C36H41F6N3O7S. The van der Waals surface area contributed by atoms with Gasteiger partial charge in [0.15, 0.2) is 0 Å². The first-order valence-corrected chi connectivity index (χ1v) is 18.3. The maximum atomic E-state index is 14.8. The van der Waals surface area contributed by atoms with Crippen molar-refractivity contribution in [1.82, 2.24) is 14.8 Å². The van der Waals surface area contributed by atoms with E-state index in [0.717, 1.165) is 34.7 Å². The molecule has 2 N–H and O–H groups in total. The molecule has 10 nitrogen and oxygen atoms in total. The van der Waals surface area contributed by atoms with Gasteiger partial charge in [-0.1, -0.05) is 25.5 Å². The Hall–Kier alpha value is -4.12. The van der Waals surface area contributed by atoms with E-state index in [4.69, 9.17) is 14.6 Å². The number of piperidine rings is 2. The Balaban J connectivity index is 1.48. The molecule has 2 aromatic rings. The van der Waals surface area contributed by atoms with Crippen molar-refractivity contribution in [2.24, 2.45) is 0 Å². The van der Waals surface area contributed by atoms with Crippen molar-refractivity contribution in [3.63, 3.8) is 0 Å². The molecule has 17 heteroatoms. The number of halogens is 6. The zero-order valence-corrected chi connectivity index (χ0v) is 29.8. The van der Waals surface area contributed by atoms with Crippen molar-refractivity contribution < 1.29 is 60.4 Å². The lowest BCUT2D eigenvalue weighted by molar-refractivity contribution is -0.162. The topological polar surface area (TPSA) is 130 Å². The molecule has 0 unspecified atom stereocenters. The molecule has 53 heavy (non-hydrogen) atoms. The van der Waals surface area contributed by atoms with E-state index in [9.17, 15) is 45.8 Å². The van der Waals surface area contributed by atoms with Crippen LogP contribution in [0, 0.1) is 0 Å². The minimum Gasteiger partial charge on any atom is -0.498 e. The third-order valence-electron chi connectivity index (χ3n) is 9.83. The van der Waals surface area contributed by atoms with Gasteiger partial charge in [-0.15, -0.1) is 11.3 Å². The standard InChI is InChI=1S/C36H41F6N3O7S/c1-2-8-27-34(52-23-21-28(53-22-23)36(40,41)42,13-7-17-45(27)31(48)30-25(35(37,38)39)10-5-16-43-30)32(49)44-18-14-33(50,15-19-44)24-9-3-4-11-26(24)51-20-6-12-29(46)47/h3,5,9-10,16,21-22,27,50H,2,4,6-8,11-15,17-20H2,1H3,(H,46,47)/t27-,34+/m1/s1. The Bertz CT molecular complexity index is 1720. The molecule has 290 valence electrons. The van der Waals surface area contributed by atoms with Crippen molar-refractivity contribution in [3.8, 4) is 5.75 Å². The Kier molecular flexibility index (Phi) is 12.2. The van der Waals surface area contributed by atoms with E-state index in [2.05, 4.69) is 4.98 Å². The number of likely N-dealkylation sites (tertiary alicyclic amines) is 2. The Morgan fingerprint density at radius 1 is 1.08 bits per heavy atom. The molecule has 0 bridgehead atoms. The molecular weight excluding hydrogens is 732 g/mol. The van der Waals surface area contributed by atoms with Gasteiger partial charge in [-0.2, -0.15) is 26.3 Å². The largest absolute Gasteiger partial charge is 0.498 e. The fraction of sp³-hybridized carbons (Fsp3) is 0.556. The van der Waals surface area contributed by atoms with Crippen LogP contribution in [0.25, 0.3) is 0 Å². The number of nitrogens with zero attached hydrogens (tertiary/aromatic N) is 3. The molecule has 2 saturated heterocycles. The van der Waals surface area contributed by atoms with Crippen LogP contribution in [0.3, 0.4) is 0 Å². The van der Waals surface area contributed by atoms with Crippen LogP contribution in [0.2, 0.25) is 0 Å². The number of ether oxygens (including phenoxy) is 2. The van der Waals surface area contributed by atoms with E-state index < -0.39 is 63.5 Å². The van der Waals surface area contributed by atoms with Crippen molar-refractivity contribution in [3.05, 3.63) is 69.4 Å². The minimum atomic E-state index is -4.92.